The number of nitrogens with one attached hydrogen (secondary N) is 1. The quantitative estimate of drug-likeness (QED) is 0.753. The summed E-state index contributed by atoms with van der Waals surface area (Å²) >= 11 is 4.65. The van der Waals surface area contributed by atoms with Gasteiger partial charge in [0.15, 0.2) is 0 Å². The van der Waals surface area contributed by atoms with Crippen LogP contribution in [-0.4, -0.2) is 25.5 Å². The Kier molecular flexibility index (Phi) is 3.96. The first-order valence-corrected chi connectivity index (χ1v) is 8.35. The lowest BCUT2D eigenvalue weighted by Crippen LogP contribution is -2.13. The summed E-state index contributed by atoms with van der Waals surface area (Å²) in [6.45, 7) is 6.01. The molecule has 114 valence electrons. The number of carbonyl (C=O) groups is 1. The molecule has 0 aliphatic heterocycles. The lowest BCUT2D eigenvalue weighted by atomic mass is 10.2. The molecule has 0 unspecified atom stereocenters. The molecule has 1 amide bonds. The zero-order valence-electron chi connectivity index (χ0n) is 12.3. The lowest BCUT2D eigenvalue weighted by molar-refractivity contribution is 0.102. The van der Waals surface area contributed by atoms with E-state index >= 15 is 0 Å². The summed E-state index contributed by atoms with van der Waals surface area (Å²) < 4.78 is 2.81. The highest BCUT2D eigenvalue weighted by atomic mass is 79.9. The van der Waals surface area contributed by atoms with E-state index in [2.05, 4.69) is 50.3 Å². The maximum absolute atomic E-state index is 12.5. The molecule has 0 spiro atoms. The molecule has 0 bridgehead atoms. The third-order valence-corrected chi connectivity index (χ3v) is 4.81. The SMILES string of the molecule is Cc1c(C(=O)Nc2ccc(Br)cn2)sc2nnc(C(C)C)n12. The molecule has 0 aromatic carbocycles. The summed E-state index contributed by atoms with van der Waals surface area (Å²) in [4.78, 5) is 18.0. The molecular formula is C14H14BrN5OS. The van der Waals surface area contributed by atoms with E-state index in [1.54, 1.807) is 12.3 Å². The Labute approximate surface area is 139 Å². The second kappa shape index (κ2) is 5.77. The number of fused-ring (bicyclic) bond motifs is 1. The van der Waals surface area contributed by atoms with Crippen LogP contribution in [0, 0.1) is 6.92 Å². The smallest absolute Gasteiger partial charge is 0.268 e. The van der Waals surface area contributed by atoms with Crippen LogP contribution in [0.5, 0.6) is 0 Å². The molecular weight excluding hydrogens is 366 g/mol. The Morgan fingerprint density at radius 2 is 2.14 bits per heavy atom. The van der Waals surface area contributed by atoms with Crippen LogP contribution in [-0.2, 0) is 0 Å². The van der Waals surface area contributed by atoms with Crippen LogP contribution in [0.3, 0.4) is 0 Å². The van der Waals surface area contributed by atoms with Crippen LogP contribution in [0.15, 0.2) is 22.8 Å². The number of pyridine rings is 1. The molecule has 3 heterocycles. The number of halogens is 1. The van der Waals surface area contributed by atoms with Gasteiger partial charge in [0, 0.05) is 22.3 Å². The first kappa shape index (κ1) is 15.1. The van der Waals surface area contributed by atoms with Crippen molar-refractivity contribution in [3.05, 3.63) is 39.2 Å². The summed E-state index contributed by atoms with van der Waals surface area (Å²) in [7, 11) is 0. The Balaban J connectivity index is 1.94. The second-order valence-electron chi connectivity index (χ2n) is 5.16. The minimum Gasteiger partial charge on any atom is -0.306 e. The molecule has 22 heavy (non-hydrogen) atoms. The van der Waals surface area contributed by atoms with Crippen molar-refractivity contribution in [2.75, 3.05) is 5.32 Å². The molecule has 0 aliphatic rings. The van der Waals surface area contributed by atoms with E-state index in [1.807, 2.05) is 17.4 Å². The number of aryl methyl sites for hydroxylation is 1. The molecule has 0 saturated heterocycles. The highest BCUT2D eigenvalue weighted by Gasteiger charge is 2.21. The van der Waals surface area contributed by atoms with Crippen LogP contribution in [0.1, 0.15) is 41.0 Å². The molecule has 1 N–H and O–H groups in total. The summed E-state index contributed by atoms with van der Waals surface area (Å²) in [5.74, 6) is 1.44. The molecule has 8 heteroatoms. The van der Waals surface area contributed by atoms with E-state index in [9.17, 15) is 4.79 Å². The van der Waals surface area contributed by atoms with Gasteiger partial charge in [-0.05, 0) is 35.0 Å². The molecule has 0 aliphatic carbocycles. The number of anilines is 1. The third-order valence-electron chi connectivity index (χ3n) is 3.21. The number of rotatable bonds is 3. The molecule has 0 radical (unpaired) electrons. The van der Waals surface area contributed by atoms with Crippen molar-refractivity contribution in [2.24, 2.45) is 0 Å². The van der Waals surface area contributed by atoms with Gasteiger partial charge in [-0.3, -0.25) is 9.20 Å². The fourth-order valence-corrected chi connectivity index (χ4v) is 3.34. The Hall–Kier alpha value is -1.80. The van der Waals surface area contributed by atoms with Gasteiger partial charge in [-0.2, -0.15) is 0 Å². The number of carbonyl (C=O) groups excluding carboxylic acids is 1. The summed E-state index contributed by atoms with van der Waals surface area (Å²) in [6, 6.07) is 3.58. The third kappa shape index (κ3) is 2.64. The van der Waals surface area contributed by atoms with Gasteiger partial charge in [-0.15, -0.1) is 10.2 Å². The van der Waals surface area contributed by atoms with E-state index in [1.165, 1.54) is 11.3 Å². The fraction of sp³-hybridized carbons (Fsp3) is 0.286. The number of aromatic nitrogens is 4. The standard InChI is InChI=1S/C14H14BrN5OS/c1-7(2)12-18-19-14-20(12)8(3)11(22-14)13(21)17-10-5-4-9(15)6-16-10/h4-7H,1-3H3,(H,16,17,21). The molecule has 6 nitrogen and oxygen atoms in total. The van der Waals surface area contributed by atoms with Crippen LogP contribution < -0.4 is 5.32 Å². The average Bonchev–Trinajstić information content (AvgIpc) is 3.02. The maximum atomic E-state index is 12.5. The van der Waals surface area contributed by atoms with E-state index in [0.29, 0.717) is 10.7 Å². The maximum Gasteiger partial charge on any atom is 0.268 e. The van der Waals surface area contributed by atoms with Gasteiger partial charge in [0.2, 0.25) is 4.96 Å². The Bertz CT molecular complexity index is 837. The van der Waals surface area contributed by atoms with Gasteiger partial charge in [0.05, 0.1) is 0 Å². The minimum absolute atomic E-state index is 0.183. The summed E-state index contributed by atoms with van der Waals surface area (Å²) in [6.07, 6.45) is 1.64. The molecule has 3 aromatic rings. The van der Waals surface area contributed by atoms with E-state index < -0.39 is 0 Å². The average molecular weight is 380 g/mol. The van der Waals surface area contributed by atoms with Gasteiger partial charge >= 0.3 is 0 Å². The van der Waals surface area contributed by atoms with Crippen molar-refractivity contribution in [1.82, 2.24) is 19.6 Å². The van der Waals surface area contributed by atoms with E-state index in [-0.39, 0.29) is 11.8 Å². The van der Waals surface area contributed by atoms with Crippen molar-refractivity contribution < 1.29 is 4.79 Å². The first-order chi connectivity index (χ1) is 10.5. The van der Waals surface area contributed by atoms with Gasteiger partial charge in [-0.1, -0.05) is 25.2 Å². The van der Waals surface area contributed by atoms with Gasteiger partial charge < -0.3 is 5.32 Å². The molecule has 3 rings (SSSR count). The first-order valence-electron chi connectivity index (χ1n) is 6.74. The summed E-state index contributed by atoms with van der Waals surface area (Å²) in [5, 5.41) is 11.1. The van der Waals surface area contributed by atoms with Crippen molar-refractivity contribution in [3.8, 4) is 0 Å². The normalized spacial score (nSPS) is 11.3. The van der Waals surface area contributed by atoms with Crippen LogP contribution in [0.25, 0.3) is 4.96 Å². The van der Waals surface area contributed by atoms with Gasteiger partial charge in [0.25, 0.3) is 5.91 Å². The second-order valence-corrected chi connectivity index (χ2v) is 7.06. The monoisotopic (exact) mass is 379 g/mol. The fourth-order valence-electron chi connectivity index (χ4n) is 2.14. The Morgan fingerprint density at radius 3 is 2.77 bits per heavy atom. The Morgan fingerprint density at radius 1 is 1.36 bits per heavy atom. The van der Waals surface area contributed by atoms with E-state index in [4.69, 9.17) is 0 Å². The molecule has 0 atom stereocenters. The van der Waals surface area contributed by atoms with Crippen molar-refractivity contribution in [1.29, 1.82) is 0 Å². The topological polar surface area (TPSA) is 72.2 Å². The number of amides is 1. The van der Waals surface area contributed by atoms with Crippen LogP contribution in [0.4, 0.5) is 5.82 Å². The van der Waals surface area contributed by atoms with Gasteiger partial charge in [0.1, 0.15) is 16.5 Å². The van der Waals surface area contributed by atoms with Crippen molar-refractivity contribution in [2.45, 2.75) is 26.7 Å². The van der Waals surface area contributed by atoms with Crippen molar-refractivity contribution in [3.63, 3.8) is 0 Å². The van der Waals surface area contributed by atoms with E-state index in [0.717, 1.165) is 21.0 Å². The zero-order chi connectivity index (χ0) is 15.9. The highest BCUT2D eigenvalue weighted by Crippen LogP contribution is 2.26. The molecule has 0 saturated carbocycles. The number of hydrogen-bond donors (Lipinski definition) is 1. The number of hydrogen-bond acceptors (Lipinski definition) is 5. The molecule has 0 fully saturated rings. The predicted molar refractivity (Wildman–Crippen MR) is 89.6 cm³/mol. The van der Waals surface area contributed by atoms with Crippen LogP contribution >= 0.6 is 27.3 Å². The lowest BCUT2D eigenvalue weighted by Gasteiger charge is -2.05. The minimum atomic E-state index is -0.183. The van der Waals surface area contributed by atoms with Crippen molar-refractivity contribution >= 4 is 44.0 Å². The highest BCUT2D eigenvalue weighted by molar-refractivity contribution is 9.10. The summed E-state index contributed by atoms with van der Waals surface area (Å²) in [5.41, 5.74) is 0.850. The number of thiazole rings is 1. The van der Waals surface area contributed by atoms with Gasteiger partial charge in [-0.25, -0.2) is 4.98 Å². The predicted octanol–water partition coefficient (Wildman–Crippen LogP) is 3.63. The zero-order valence-corrected chi connectivity index (χ0v) is 14.7. The molecule has 3 aromatic heterocycles. The number of nitrogens with zero attached hydrogens (tertiary/aromatic N) is 4. The largest absolute Gasteiger partial charge is 0.306 e. The van der Waals surface area contributed by atoms with Crippen LogP contribution in [0.2, 0.25) is 0 Å².